The fourth-order valence-electron chi connectivity index (χ4n) is 4.47. The zero-order valence-electron chi connectivity index (χ0n) is 20.7. The number of hydrogen-bond donors (Lipinski definition) is 2. The van der Waals surface area contributed by atoms with Crippen molar-refractivity contribution in [3.05, 3.63) is 57.6 Å². The maximum absolute atomic E-state index is 13.0. The third kappa shape index (κ3) is 5.67. The Hall–Kier alpha value is -2.71. The Morgan fingerprint density at radius 1 is 0.882 bits per heavy atom. The monoisotopic (exact) mass is 485 g/mol. The molecular formula is C26H35N3O4S. The van der Waals surface area contributed by atoms with Gasteiger partial charge in [-0.3, -0.25) is 9.59 Å². The molecule has 8 heteroatoms. The van der Waals surface area contributed by atoms with Gasteiger partial charge in [0, 0.05) is 37.3 Å². The number of carbonyl (C=O) groups is 2. The van der Waals surface area contributed by atoms with Crippen LogP contribution in [0.5, 0.6) is 0 Å². The fourth-order valence-corrected chi connectivity index (χ4v) is 6.10. The molecule has 0 aliphatic carbocycles. The molecule has 0 atom stereocenters. The molecule has 3 rings (SSSR count). The van der Waals surface area contributed by atoms with Gasteiger partial charge in [-0.25, -0.2) is 13.1 Å². The van der Waals surface area contributed by atoms with E-state index < -0.39 is 10.0 Å². The molecule has 2 aromatic rings. The van der Waals surface area contributed by atoms with E-state index >= 15 is 0 Å². The van der Waals surface area contributed by atoms with Gasteiger partial charge in [0.25, 0.3) is 5.91 Å². The van der Waals surface area contributed by atoms with Crippen LogP contribution < -0.4 is 10.0 Å². The van der Waals surface area contributed by atoms with Gasteiger partial charge in [0.1, 0.15) is 0 Å². The number of nitrogens with zero attached hydrogens (tertiary/aromatic N) is 1. The summed E-state index contributed by atoms with van der Waals surface area (Å²) in [6.45, 7) is 11.0. The van der Waals surface area contributed by atoms with Gasteiger partial charge >= 0.3 is 0 Å². The number of hydrogen-bond acceptors (Lipinski definition) is 4. The van der Waals surface area contributed by atoms with E-state index in [1.807, 2.05) is 39.5 Å². The molecule has 0 bridgehead atoms. The smallest absolute Gasteiger partial charge is 0.253 e. The topological polar surface area (TPSA) is 95.6 Å². The Balaban J connectivity index is 1.61. The molecule has 0 saturated carbocycles. The van der Waals surface area contributed by atoms with Gasteiger partial charge in [0.05, 0.1) is 4.90 Å². The van der Waals surface area contributed by atoms with Crippen molar-refractivity contribution in [2.24, 2.45) is 0 Å². The van der Waals surface area contributed by atoms with Crippen molar-refractivity contribution in [2.75, 3.05) is 25.0 Å². The molecule has 0 radical (unpaired) electrons. The highest BCUT2D eigenvalue weighted by atomic mass is 32.2. The highest BCUT2D eigenvalue weighted by Gasteiger charge is 2.23. The van der Waals surface area contributed by atoms with Crippen LogP contribution in [0.15, 0.2) is 29.2 Å². The van der Waals surface area contributed by atoms with Crippen LogP contribution in [0.2, 0.25) is 0 Å². The Morgan fingerprint density at radius 2 is 1.47 bits per heavy atom. The van der Waals surface area contributed by atoms with E-state index in [2.05, 4.69) is 10.0 Å². The van der Waals surface area contributed by atoms with Gasteiger partial charge in [-0.2, -0.15) is 0 Å². The van der Waals surface area contributed by atoms with Crippen molar-refractivity contribution in [2.45, 2.75) is 65.2 Å². The van der Waals surface area contributed by atoms with Crippen LogP contribution in [-0.2, 0) is 14.8 Å². The molecule has 7 nitrogen and oxygen atoms in total. The number of anilines is 1. The van der Waals surface area contributed by atoms with Crippen molar-refractivity contribution in [1.29, 1.82) is 0 Å². The van der Waals surface area contributed by atoms with E-state index in [-0.39, 0.29) is 29.7 Å². The van der Waals surface area contributed by atoms with E-state index in [9.17, 15) is 18.0 Å². The van der Waals surface area contributed by atoms with E-state index in [1.54, 1.807) is 24.3 Å². The molecule has 1 fully saturated rings. The highest BCUT2D eigenvalue weighted by Crippen LogP contribution is 2.29. The normalized spacial score (nSPS) is 14.2. The third-order valence-corrected chi connectivity index (χ3v) is 8.61. The van der Waals surface area contributed by atoms with Gasteiger partial charge in [-0.15, -0.1) is 0 Å². The summed E-state index contributed by atoms with van der Waals surface area (Å²) in [5, 5.41) is 2.77. The molecule has 0 spiro atoms. The van der Waals surface area contributed by atoms with E-state index in [0.29, 0.717) is 11.3 Å². The maximum Gasteiger partial charge on any atom is 0.253 e. The second-order valence-corrected chi connectivity index (χ2v) is 10.8. The first-order chi connectivity index (χ1) is 16.0. The first-order valence-corrected chi connectivity index (χ1v) is 13.3. The predicted octanol–water partition coefficient (Wildman–Crippen LogP) is 4.16. The Labute approximate surface area is 203 Å². The highest BCUT2D eigenvalue weighted by molar-refractivity contribution is 7.89. The number of benzene rings is 2. The average molecular weight is 486 g/mol. The van der Waals surface area contributed by atoms with Gasteiger partial charge < -0.3 is 10.2 Å². The summed E-state index contributed by atoms with van der Waals surface area (Å²) in [6, 6.07) is 6.88. The molecule has 2 amide bonds. The molecule has 184 valence electrons. The van der Waals surface area contributed by atoms with Crippen LogP contribution in [0.4, 0.5) is 5.69 Å². The minimum Gasteiger partial charge on any atom is -0.339 e. The predicted molar refractivity (Wildman–Crippen MR) is 135 cm³/mol. The third-order valence-electron chi connectivity index (χ3n) is 6.88. The molecule has 1 saturated heterocycles. The molecule has 0 aromatic heterocycles. The molecule has 1 aliphatic heterocycles. The summed E-state index contributed by atoms with van der Waals surface area (Å²) in [5.74, 6) is -0.354. The second kappa shape index (κ2) is 10.7. The summed E-state index contributed by atoms with van der Waals surface area (Å²) in [4.78, 5) is 27.3. The van der Waals surface area contributed by atoms with Gasteiger partial charge in [-0.1, -0.05) is 6.07 Å². The first kappa shape index (κ1) is 25.9. The van der Waals surface area contributed by atoms with Crippen LogP contribution in [-0.4, -0.2) is 44.8 Å². The summed E-state index contributed by atoms with van der Waals surface area (Å²) in [5.41, 5.74) is 5.53. The SMILES string of the molecule is Cc1c(C)c(C)c(S(=O)(=O)NCCC(=O)Nc2cccc(C(=O)N3CCCCC3)c2)c(C)c1C. The van der Waals surface area contributed by atoms with E-state index in [4.69, 9.17) is 0 Å². The summed E-state index contributed by atoms with van der Waals surface area (Å²) >= 11 is 0. The van der Waals surface area contributed by atoms with E-state index in [0.717, 1.165) is 60.2 Å². The van der Waals surface area contributed by atoms with Crippen LogP contribution >= 0.6 is 0 Å². The summed E-state index contributed by atoms with van der Waals surface area (Å²) in [7, 11) is -3.76. The molecular weight excluding hydrogens is 450 g/mol. The standard InChI is InChI=1S/C26H35N3O4S/c1-17-18(2)20(4)25(21(5)19(17)3)34(32,33)27-13-12-24(30)28-23-11-9-10-22(16-23)26(31)29-14-7-6-8-15-29/h9-11,16,27H,6-8,12-15H2,1-5H3,(H,28,30). The van der Waals surface area contributed by atoms with Crippen molar-refractivity contribution in [3.63, 3.8) is 0 Å². The number of likely N-dealkylation sites (tertiary alicyclic amines) is 1. The summed E-state index contributed by atoms with van der Waals surface area (Å²) < 4.78 is 28.6. The lowest BCUT2D eigenvalue weighted by molar-refractivity contribution is -0.116. The minimum atomic E-state index is -3.76. The van der Waals surface area contributed by atoms with Crippen LogP contribution in [0.1, 0.15) is 63.9 Å². The van der Waals surface area contributed by atoms with Gasteiger partial charge in [0.15, 0.2) is 0 Å². The van der Waals surface area contributed by atoms with E-state index in [1.165, 1.54) is 0 Å². The zero-order chi connectivity index (χ0) is 25.0. The number of rotatable bonds is 7. The number of nitrogens with one attached hydrogen (secondary N) is 2. The largest absolute Gasteiger partial charge is 0.339 e. The molecule has 2 aromatic carbocycles. The Kier molecular flexibility index (Phi) is 8.15. The van der Waals surface area contributed by atoms with Gasteiger partial charge in [-0.05, 0) is 99.9 Å². The number of piperidine rings is 1. The molecule has 2 N–H and O–H groups in total. The second-order valence-electron chi connectivity index (χ2n) is 9.08. The van der Waals surface area contributed by atoms with Crippen LogP contribution in [0.25, 0.3) is 0 Å². The molecule has 0 unspecified atom stereocenters. The van der Waals surface area contributed by atoms with Gasteiger partial charge in [0.2, 0.25) is 15.9 Å². The lowest BCUT2D eigenvalue weighted by Gasteiger charge is -2.26. The Bertz CT molecular complexity index is 1170. The Morgan fingerprint density at radius 3 is 2.09 bits per heavy atom. The number of amides is 2. The molecule has 1 heterocycles. The summed E-state index contributed by atoms with van der Waals surface area (Å²) in [6.07, 6.45) is 3.15. The van der Waals surface area contributed by atoms with Crippen molar-refractivity contribution in [1.82, 2.24) is 9.62 Å². The van der Waals surface area contributed by atoms with Crippen molar-refractivity contribution in [3.8, 4) is 0 Å². The zero-order valence-corrected chi connectivity index (χ0v) is 21.6. The van der Waals surface area contributed by atoms with Crippen LogP contribution in [0, 0.1) is 34.6 Å². The number of carbonyl (C=O) groups excluding carboxylic acids is 2. The maximum atomic E-state index is 13.0. The lowest BCUT2D eigenvalue weighted by atomic mass is 9.95. The number of sulfonamides is 1. The van der Waals surface area contributed by atoms with Crippen LogP contribution in [0.3, 0.4) is 0 Å². The fraction of sp³-hybridized carbons (Fsp3) is 0.462. The van der Waals surface area contributed by atoms with Crippen molar-refractivity contribution < 1.29 is 18.0 Å². The molecule has 1 aliphatic rings. The first-order valence-electron chi connectivity index (χ1n) is 11.8. The quantitative estimate of drug-likeness (QED) is 0.616. The average Bonchev–Trinajstić information content (AvgIpc) is 2.81. The van der Waals surface area contributed by atoms with Crippen molar-refractivity contribution >= 4 is 27.5 Å². The minimum absolute atomic E-state index is 0.0224. The molecule has 34 heavy (non-hydrogen) atoms. The lowest BCUT2D eigenvalue weighted by Crippen LogP contribution is -2.35.